The number of hydrogen-bond acceptors (Lipinski definition) is 4. The Hall–Kier alpha value is -0.910. The van der Waals surface area contributed by atoms with Crippen molar-refractivity contribution in [2.24, 2.45) is 11.8 Å². The monoisotopic (exact) mass is 267 g/mol. The van der Waals surface area contributed by atoms with Crippen molar-refractivity contribution in [3.8, 4) is 0 Å². The highest BCUT2D eigenvalue weighted by Crippen LogP contribution is 2.37. The Morgan fingerprint density at radius 3 is 2.33 bits per heavy atom. The van der Waals surface area contributed by atoms with Crippen LogP contribution < -0.4 is 0 Å². The van der Waals surface area contributed by atoms with Crippen LogP contribution in [0.5, 0.6) is 0 Å². The number of carbonyl (C=O) groups is 1. The van der Waals surface area contributed by atoms with Gasteiger partial charge in [-0.1, -0.05) is 0 Å². The lowest BCUT2D eigenvalue weighted by atomic mass is 9.79. The van der Waals surface area contributed by atoms with Crippen LogP contribution >= 0.6 is 11.3 Å². The van der Waals surface area contributed by atoms with Crippen LogP contribution in [0.2, 0.25) is 0 Å². The molecule has 1 aliphatic heterocycles. The minimum atomic E-state index is -0.623. The fourth-order valence-electron chi connectivity index (χ4n) is 3.14. The van der Waals surface area contributed by atoms with Crippen molar-refractivity contribution in [3.05, 3.63) is 22.4 Å². The first-order valence-electron chi connectivity index (χ1n) is 6.32. The quantitative estimate of drug-likeness (QED) is 0.796. The molecule has 0 radical (unpaired) electrons. The van der Waals surface area contributed by atoms with E-state index in [9.17, 15) is 15.0 Å². The molecule has 5 heteroatoms. The zero-order chi connectivity index (χ0) is 12.7. The van der Waals surface area contributed by atoms with E-state index in [-0.39, 0.29) is 5.91 Å². The summed E-state index contributed by atoms with van der Waals surface area (Å²) in [6, 6.07) is 1.85. The summed E-state index contributed by atoms with van der Waals surface area (Å²) in [4.78, 5) is 14.1. The Morgan fingerprint density at radius 1 is 1.22 bits per heavy atom. The van der Waals surface area contributed by atoms with E-state index in [0.717, 1.165) is 5.56 Å². The summed E-state index contributed by atoms with van der Waals surface area (Å²) in [6.07, 6.45) is -0.0247. The van der Waals surface area contributed by atoms with E-state index in [4.69, 9.17) is 0 Å². The van der Waals surface area contributed by atoms with Crippen LogP contribution in [0.25, 0.3) is 0 Å². The predicted octanol–water partition coefficient (Wildman–Crippen LogP) is 0.952. The van der Waals surface area contributed by atoms with Gasteiger partial charge in [-0.3, -0.25) is 4.79 Å². The maximum atomic E-state index is 12.2. The van der Waals surface area contributed by atoms with Gasteiger partial charge in [0.05, 0.1) is 17.8 Å². The Labute approximate surface area is 110 Å². The molecule has 4 atom stereocenters. The highest BCUT2D eigenvalue weighted by atomic mass is 32.1. The van der Waals surface area contributed by atoms with Crippen LogP contribution in [0.3, 0.4) is 0 Å². The molecule has 2 fully saturated rings. The molecule has 1 aromatic heterocycles. The first kappa shape index (κ1) is 12.1. The van der Waals surface area contributed by atoms with Crippen molar-refractivity contribution in [2.45, 2.75) is 25.0 Å². The highest BCUT2D eigenvalue weighted by Gasteiger charge is 2.42. The second-order valence-corrected chi connectivity index (χ2v) is 6.13. The molecule has 0 bridgehead atoms. The van der Waals surface area contributed by atoms with Gasteiger partial charge in [-0.2, -0.15) is 11.3 Å². The van der Waals surface area contributed by atoms with Gasteiger partial charge >= 0.3 is 0 Å². The largest absolute Gasteiger partial charge is 0.390 e. The van der Waals surface area contributed by atoms with Gasteiger partial charge < -0.3 is 15.1 Å². The SMILES string of the molecule is O=C(c1ccsc1)N1C[C@H]2C[C@H](O)[C@@H](O)C[C@H]2C1. The van der Waals surface area contributed by atoms with E-state index in [0.29, 0.717) is 37.8 Å². The maximum Gasteiger partial charge on any atom is 0.254 e. The van der Waals surface area contributed by atoms with Crippen molar-refractivity contribution in [3.63, 3.8) is 0 Å². The van der Waals surface area contributed by atoms with Crippen molar-refractivity contribution >= 4 is 17.2 Å². The zero-order valence-electron chi connectivity index (χ0n) is 10.0. The van der Waals surface area contributed by atoms with Gasteiger partial charge in [0.2, 0.25) is 0 Å². The molecule has 1 saturated heterocycles. The Morgan fingerprint density at radius 2 is 1.83 bits per heavy atom. The van der Waals surface area contributed by atoms with Crippen molar-refractivity contribution in [1.82, 2.24) is 4.90 Å². The Kier molecular flexibility index (Phi) is 3.13. The Bertz CT molecular complexity index is 415. The number of aliphatic hydroxyl groups is 2. The minimum absolute atomic E-state index is 0.0784. The van der Waals surface area contributed by atoms with Crippen molar-refractivity contribution in [2.75, 3.05) is 13.1 Å². The number of aliphatic hydroxyl groups excluding tert-OH is 2. The first-order valence-corrected chi connectivity index (χ1v) is 7.27. The number of carbonyl (C=O) groups excluding carboxylic acids is 1. The molecular formula is C13H17NO3S. The topological polar surface area (TPSA) is 60.8 Å². The third-order valence-corrected chi connectivity index (χ3v) is 4.85. The lowest BCUT2D eigenvalue weighted by Gasteiger charge is -2.31. The fourth-order valence-corrected chi connectivity index (χ4v) is 3.77. The summed E-state index contributed by atoms with van der Waals surface area (Å²) < 4.78 is 0. The molecule has 1 aromatic rings. The summed E-state index contributed by atoms with van der Waals surface area (Å²) in [6.45, 7) is 1.42. The third-order valence-electron chi connectivity index (χ3n) is 4.16. The van der Waals surface area contributed by atoms with Crippen LogP contribution in [-0.2, 0) is 0 Å². The molecule has 4 nitrogen and oxygen atoms in total. The molecular weight excluding hydrogens is 250 g/mol. The van der Waals surface area contributed by atoms with E-state index < -0.39 is 12.2 Å². The first-order chi connectivity index (χ1) is 8.65. The van der Waals surface area contributed by atoms with Gasteiger partial charge in [-0.15, -0.1) is 0 Å². The molecule has 2 N–H and O–H groups in total. The molecule has 3 rings (SSSR count). The van der Waals surface area contributed by atoms with Crippen molar-refractivity contribution < 1.29 is 15.0 Å². The van der Waals surface area contributed by atoms with E-state index in [2.05, 4.69) is 0 Å². The predicted molar refractivity (Wildman–Crippen MR) is 68.5 cm³/mol. The van der Waals surface area contributed by atoms with Crippen LogP contribution in [-0.4, -0.2) is 46.3 Å². The zero-order valence-corrected chi connectivity index (χ0v) is 10.8. The minimum Gasteiger partial charge on any atom is -0.390 e. The van der Waals surface area contributed by atoms with E-state index in [1.807, 2.05) is 21.7 Å². The molecule has 1 amide bonds. The van der Waals surface area contributed by atoms with Gasteiger partial charge in [-0.25, -0.2) is 0 Å². The Balaban J connectivity index is 1.70. The van der Waals surface area contributed by atoms with Crippen LogP contribution in [0.1, 0.15) is 23.2 Å². The summed E-state index contributed by atoms with van der Waals surface area (Å²) >= 11 is 1.53. The summed E-state index contributed by atoms with van der Waals surface area (Å²) in [5.41, 5.74) is 0.750. The van der Waals surface area contributed by atoms with Crippen molar-refractivity contribution in [1.29, 1.82) is 0 Å². The standard InChI is InChI=1S/C13H17NO3S/c15-11-3-9-5-14(6-10(9)4-12(11)16)13(17)8-1-2-18-7-8/h1-2,7,9-12,15-16H,3-6H2/t9-,10+,11-,12-/m0/s1. The number of rotatable bonds is 1. The molecule has 1 aliphatic carbocycles. The molecule has 2 aliphatic rings. The highest BCUT2D eigenvalue weighted by molar-refractivity contribution is 7.08. The molecule has 0 unspecified atom stereocenters. The second-order valence-electron chi connectivity index (χ2n) is 5.35. The average Bonchev–Trinajstić information content (AvgIpc) is 2.97. The summed E-state index contributed by atoms with van der Waals surface area (Å²) in [5.74, 6) is 0.756. The third kappa shape index (κ3) is 2.06. The molecule has 98 valence electrons. The van der Waals surface area contributed by atoms with E-state index in [1.165, 1.54) is 11.3 Å². The van der Waals surface area contributed by atoms with Gasteiger partial charge in [0, 0.05) is 18.5 Å². The number of thiophene rings is 1. The number of hydrogen-bond donors (Lipinski definition) is 2. The van der Waals surface area contributed by atoms with E-state index >= 15 is 0 Å². The van der Waals surface area contributed by atoms with Crippen LogP contribution in [0.15, 0.2) is 16.8 Å². The summed E-state index contributed by atoms with van der Waals surface area (Å²) in [7, 11) is 0. The molecule has 2 heterocycles. The number of amides is 1. The fraction of sp³-hybridized carbons (Fsp3) is 0.615. The molecule has 18 heavy (non-hydrogen) atoms. The molecule has 0 aromatic carbocycles. The van der Waals surface area contributed by atoms with Gasteiger partial charge in [0.25, 0.3) is 5.91 Å². The number of likely N-dealkylation sites (tertiary alicyclic amines) is 1. The van der Waals surface area contributed by atoms with Crippen LogP contribution in [0.4, 0.5) is 0 Å². The number of fused-ring (bicyclic) bond motifs is 1. The lowest BCUT2D eigenvalue weighted by Crippen LogP contribution is -2.38. The smallest absolute Gasteiger partial charge is 0.254 e. The van der Waals surface area contributed by atoms with Gasteiger partial charge in [-0.05, 0) is 36.1 Å². The molecule has 0 spiro atoms. The van der Waals surface area contributed by atoms with Crippen LogP contribution in [0, 0.1) is 11.8 Å². The van der Waals surface area contributed by atoms with Gasteiger partial charge in [0.15, 0.2) is 0 Å². The maximum absolute atomic E-state index is 12.2. The normalized spacial score (nSPS) is 35.6. The van der Waals surface area contributed by atoms with E-state index in [1.54, 1.807) is 0 Å². The van der Waals surface area contributed by atoms with Gasteiger partial charge in [0.1, 0.15) is 0 Å². The average molecular weight is 267 g/mol. The summed E-state index contributed by atoms with van der Waals surface area (Å²) in [5, 5.41) is 23.1. The second kappa shape index (κ2) is 4.64. The lowest BCUT2D eigenvalue weighted by molar-refractivity contribution is -0.0372. The number of nitrogens with zero attached hydrogens (tertiary/aromatic N) is 1. The molecule has 1 saturated carbocycles.